The molecule has 1 unspecified atom stereocenters. The molecule has 0 saturated carbocycles. The normalized spacial score (nSPS) is 21.3. The van der Waals surface area contributed by atoms with Crippen molar-refractivity contribution in [3.63, 3.8) is 0 Å². The second-order valence-corrected chi connectivity index (χ2v) is 5.72. The van der Waals surface area contributed by atoms with Crippen molar-refractivity contribution in [1.82, 2.24) is 4.90 Å². The topological polar surface area (TPSA) is 40.5 Å². The SMILES string of the molecule is CC(C)(C)CC(C(=O)O)N1CCCCC1. The van der Waals surface area contributed by atoms with Crippen molar-refractivity contribution in [3.05, 3.63) is 0 Å². The minimum atomic E-state index is -0.660. The van der Waals surface area contributed by atoms with E-state index in [0.717, 1.165) is 32.4 Å². The van der Waals surface area contributed by atoms with Gasteiger partial charge in [0.15, 0.2) is 0 Å². The lowest BCUT2D eigenvalue weighted by Crippen LogP contribution is -2.45. The third-order valence-corrected chi connectivity index (χ3v) is 2.92. The summed E-state index contributed by atoms with van der Waals surface area (Å²) in [5.41, 5.74) is 0.0838. The molecule has 1 rings (SSSR count). The van der Waals surface area contributed by atoms with E-state index >= 15 is 0 Å². The highest BCUT2D eigenvalue weighted by molar-refractivity contribution is 5.73. The molecule has 1 aliphatic heterocycles. The molecular formula is C12H23NO2. The van der Waals surface area contributed by atoms with Crippen LogP contribution in [0.3, 0.4) is 0 Å². The first-order valence-electron chi connectivity index (χ1n) is 5.87. The van der Waals surface area contributed by atoms with Crippen molar-refractivity contribution < 1.29 is 9.90 Å². The first-order valence-corrected chi connectivity index (χ1v) is 5.87. The molecular weight excluding hydrogens is 190 g/mol. The molecule has 0 bridgehead atoms. The molecule has 0 spiro atoms. The second kappa shape index (κ2) is 4.97. The number of rotatable bonds is 3. The summed E-state index contributed by atoms with van der Waals surface area (Å²) in [5, 5.41) is 9.25. The summed E-state index contributed by atoms with van der Waals surface area (Å²) in [6, 6.07) is -0.287. The van der Waals surface area contributed by atoms with Gasteiger partial charge in [0, 0.05) is 0 Å². The van der Waals surface area contributed by atoms with E-state index < -0.39 is 5.97 Å². The monoisotopic (exact) mass is 213 g/mol. The van der Waals surface area contributed by atoms with Crippen LogP contribution in [-0.4, -0.2) is 35.1 Å². The minimum absolute atomic E-state index is 0.0838. The summed E-state index contributed by atoms with van der Waals surface area (Å²) in [6.45, 7) is 8.22. The summed E-state index contributed by atoms with van der Waals surface area (Å²) >= 11 is 0. The quantitative estimate of drug-likeness (QED) is 0.782. The van der Waals surface area contributed by atoms with Gasteiger partial charge in [-0.05, 0) is 37.8 Å². The van der Waals surface area contributed by atoms with Crippen molar-refractivity contribution in [2.45, 2.75) is 52.5 Å². The summed E-state index contributed by atoms with van der Waals surface area (Å²) in [5.74, 6) is -0.660. The Morgan fingerprint density at radius 2 is 1.80 bits per heavy atom. The van der Waals surface area contributed by atoms with Gasteiger partial charge in [-0.3, -0.25) is 9.69 Å². The van der Waals surface area contributed by atoms with Crippen LogP contribution in [0.15, 0.2) is 0 Å². The molecule has 1 aliphatic rings. The first kappa shape index (κ1) is 12.5. The van der Waals surface area contributed by atoms with E-state index in [2.05, 4.69) is 25.7 Å². The number of carboxylic acids is 1. The number of hydrogen-bond donors (Lipinski definition) is 1. The standard InChI is InChI=1S/C12H23NO2/c1-12(2,3)9-10(11(14)15)13-7-5-4-6-8-13/h10H,4-9H2,1-3H3,(H,14,15). The molecule has 0 aromatic carbocycles. The third kappa shape index (κ3) is 4.20. The molecule has 3 nitrogen and oxygen atoms in total. The number of carboxylic acid groups (broad SMARTS) is 1. The van der Waals surface area contributed by atoms with Gasteiger partial charge in [0.05, 0.1) is 0 Å². The summed E-state index contributed by atoms with van der Waals surface area (Å²) in [4.78, 5) is 13.4. The molecule has 0 aliphatic carbocycles. The van der Waals surface area contributed by atoms with Crippen LogP contribution in [0.1, 0.15) is 46.5 Å². The predicted octanol–water partition coefficient (Wildman–Crippen LogP) is 2.36. The molecule has 1 heterocycles. The zero-order valence-corrected chi connectivity index (χ0v) is 10.1. The van der Waals surface area contributed by atoms with Crippen LogP contribution in [0.25, 0.3) is 0 Å². The molecule has 0 amide bonds. The lowest BCUT2D eigenvalue weighted by molar-refractivity contribution is -0.145. The fourth-order valence-corrected chi connectivity index (χ4v) is 2.18. The molecule has 1 N–H and O–H groups in total. The lowest BCUT2D eigenvalue weighted by atomic mass is 9.87. The number of hydrogen-bond acceptors (Lipinski definition) is 2. The van der Waals surface area contributed by atoms with E-state index in [0.29, 0.717) is 0 Å². The summed E-state index contributed by atoms with van der Waals surface area (Å²) in [6.07, 6.45) is 4.28. The first-order chi connectivity index (χ1) is 6.90. The van der Waals surface area contributed by atoms with Crippen LogP contribution < -0.4 is 0 Å². The molecule has 0 aromatic heterocycles. The van der Waals surface area contributed by atoms with Crippen molar-refractivity contribution in [2.24, 2.45) is 5.41 Å². The van der Waals surface area contributed by atoms with Crippen molar-refractivity contribution >= 4 is 5.97 Å². The molecule has 0 aromatic rings. The van der Waals surface area contributed by atoms with Crippen LogP contribution in [-0.2, 0) is 4.79 Å². The fraction of sp³-hybridized carbons (Fsp3) is 0.917. The Morgan fingerprint density at radius 3 is 2.20 bits per heavy atom. The Morgan fingerprint density at radius 1 is 1.27 bits per heavy atom. The van der Waals surface area contributed by atoms with Crippen molar-refractivity contribution in [2.75, 3.05) is 13.1 Å². The summed E-state index contributed by atoms with van der Waals surface area (Å²) in [7, 11) is 0. The van der Waals surface area contributed by atoms with E-state index in [1.54, 1.807) is 0 Å². The highest BCUT2D eigenvalue weighted by Gasteiger charge is 2.30. The zero-order valence-electron chi connectivity index (χ0n) is 10.1. The maximum atomic E-state index is 11.2. The number of likely N-dealkylation sites (tertiary alicyclic amines) is 1. The third-order valence-electron chi connectivity index (χ3n) is 2.92. The molecule has 15 heavy (non-hydrogen) atoms. The van der Waals surface area contributed by atoms with Gasteiger partial charge in [0.2, 0.25) is 0 Å². The maximum absolute atomic E-state index is 11.2. The van der Waals surface area contributed by atoms with Crippen LogP contribution >= 0.6 is 0 Å². The van der Waals surface area contributed by atoms with Gasteiger partial charge in [-0.1, -0.05) is 27.2 Å². The van der Waals surface area contributed by atoms with E-state index in [1.807, 2.05) is 0 Å². The molecule has 1 atom stereocenters. The number of aliphatic carboxylic acids is 1. The highest BCUT2D eigenvalue weighted by Crippen LogP contribution is 2.25. The average Bonchev–Trinajstić information content (AvgIpc) is 2.14. The molecule has 0 radical (unpaired) electrons. The van der Waals surface area contributed by atoms with Crippen LogP contribution in [0.4, 0.5) is 0 Å². The molecule has 1 saturated heterocycles. The minimum Gasteiger partial charge on any atom is -0.480 e. The van der Waals surface area contributed by atoms with Gasteiger partial charge >= 0.3 is 5.97 Å². The van der Waals surface area contributed by atoms with Gasteiger partial charge in [-0.2, -0.15) is 0 Å². The summed E-state index contributed by atoms with van der Waals surface area (Å²) < 4.78 is 0. The van der Waals surface area contributed by atoms with Gasteiger partial charge in [0.25, 0.3) is 0 Å². The number of nitrogens with zero attached hydrogens (tertiary/aromatic N) is 1. The molecule has 3 heteroatoms. The smallest absolute Gasteiger partial charge is 0.320 e. The van der Waals surface area contributed by atoms with E-state index in [1.165, 1.54) is 6.42 Å². The zero-order chi connectivity index (χ0) is 11.5. The number of carbonyl (C=O) groups is 1. The van der Waals surface area contributed by atoms with Crippen molar-refractivity contribution in [3.8, 4) is 0 Å². The second-order valence-electron chi connectivity index (χ2n) is 5.72. The van der Waals surface area contributed by atoms with Crippen LogP contribution in [0, 0.1) is 5.41 Å². The van der Waals surface area contributed by atoms with E-state index in [9.17, 15) is 9.90 Å². The van der Waals surface area contributed by atoms with Gasteiger partial charge in [-0.15, -0.1) is 0 Å². The van der Waals surface area contributed by atoms with Gasteiger partial charge < -0.3 is 5.11 Å². The molecule has 1 fully saturated rings. The Balaban J connectivity index is 2.60. The van der Waals surface area contributed by atoms with E-state index in [4.69, 9.17) is 0 Å². The Bertz CT molecular complexity index is 214. The Hall–Kier alpha value is -0.570. The number of piperidine rings is 1. The van der Waals surface area contributed by atoms with Crippen LogP contribution in [0.2, 0.25) is 0 Å². The average molecular weight is 213 g/mol. The van der Waals surface area contributed by atoms with Gasteiger partial charge in [0.1, 0.15) is 6.04 Å². The molecule has 88 valence electrons. The highest BCUT2D eigenvalue weighted by atomic mass is 16.4. The lowest BCUT2D eigenvalue weighted by Gasteiger charge is -2.35. The Kier molecular flexibility index (Phi) is 4.14. The van der Waals surface area contributed by atoms with Crippen LogP contribution in [0.5, 0.6) is 0 Å². The van der Waals surface area contributed by atoms with E-state index in [-0.39, 0.29) is 11.5 Å². The fourth-order valence-electron chi connectivity index (χ4n) is 2.18. The Labute approximate surface area is 92.5 Å². The van der Waals surface area contributed by atoms with Gasteiger partial charge in [-0.25, -0.2) is 0 Å². The maximum Gasteiger partial charge on any atom is 0.320 e. The van der Waals surface area contributed by atoms with Crippen molar-refractivity contribution in [1.29, 1.82) is 0 Å². The predicted molar refractivity (Wildman–Crippen MR) is 60.9 cm³/mol. The largest absolute Gasteiger partial charge is 0.480 e.